The van der Waals surface area contributed by atoms with Crippen LogP contribution in [0.2, 0.25) is 0 Å². The van der Waals surface area contributed by atoms with Gasteiger partial charge in [0, 0.05) is 11.4 Å². The van der Waals surface area contributed by atoms with E-state index in [1.54, 1.807) is 45.9 Å². The standard InChI is InChI=1S/C22H21F3N2O3/c1-5-30-21(29)19-13(3)26-17(20(19)28)11-15-10-12(2)27(14(15)4)18-9-7-6-8-16(18)22(23,24)25/h6-11,28H,5H2,1-4H3/b17-11+. The Balaban J connectivity index is 2.10. The molecule has 8 heteroatoms. The van der Waals surface area contributed by atoms with E-state index in [1.165, 1.54) is 16.7 Å². The number of carbonyl (C=O) groups excluding carboxylic acids is 1. The normalized spacial score (nSPS) is 15.7. The predicted molar refractivity (Wildman–Crippen MR) is 108 cm³/mol. The Labute approximate surface area is 171 Å². The zero-order valence-electron chi connectivity index (χ0n) is 17.0. The van der Waals surface area contributed by atoms with E-state index in [0.717, 1.165) is 6.07 Å². The summed E-state index contributed by atoms with van der Waals surface area (Å²) in [6, 6.07) is 7.05. The lowest BCUT2D eigenvalue weighted by Crippen LogP contribution is -2.13. The average molecular weight is 418 g/mol. The molecule has 5 nitrogen and oxygen atoms in total. The minimum absolute atomic E-state index is 0.0145. The molecule has 0 fully saturated rings. The van der Waals surface area contributed by atoms with Crippen LogP contribution in [0.5, 0.6) is 0 Å². The van der Waals surface area contributed by atoms with Crippen LogP contribution in [0.4, 0.5) is 13.2 Å². The molecule has 0 bridgehead atoms. The van der Waals surface area contributed by atoms with E-state index in [1.807, 2.05) is 0 Å². The molecule has 0 atom stereocenters. The second-order valence-corrected chi connectivity index (χ2v) is 6.85. The molecule has 0 radical (unpaired) electrons. The maximum atomic E-state index is 13.5. The molecular weight excluding hydrogens is 397 g/mol. The Kier molecular flexibility index (Phi) is 5.61. The van der Waals surface area contributed by atoms with Crippen LogP contribution in [0, 0.1) is 13.8 Å². The molecule has 0 saturated heterocycles. The summed E-state index contributed by atoms with van der Waals surface area (Å²) in [5.74, 6) is -0.990. The molecule has 1 aliphatic heterocycles. The summed E-state index contributed by atoms with van der Waals surface area (Å²) in [6.07, 6.45) is -2.96. The number of aromatic nitrogens is 1. The molecule has 2 aromatic rings. The highest BCUT2D eigenvalue weighted by Crippen LogP contribution is 2.36. The Morgan fingerprint density at radius 1 is 1.23 bits per heavy atom. The first-order valence-electron chi connectivity index (χ1n) is 9.29. The molecule has 158 valence electrons. The van der Waals surface area contributed by atoms with Crippen LogP contribution < -0.4 is 0 Å². The van der Waals surface area contributed by atoms with Crippen LogP contribution in [0.1, 0.15) is 36.4 Å². The molecule has 0 unspecified atom stereocenters. The molecule has 30 heavy (non-hydrogen) atoms. The number of hydrogen-bond donors (Lipinski definition) is 1. The lowest BCUT2D eigenvalue weighted by Gasteiger charge is -2.16. The molecule has 1 aromatic heterocycles. The van der Waals surface area contributed by atoms with Gasteiger partial charge < -0.3 is 14.4 Å². The van der Waals surface area contributed by atoms with E-state index in [0.29, 0.717) is 22.7 Å². The lowest BCUT2D eigenvalue weighted by molar-refractivity contribution is -0.138. The van der Waals surface area contributed by atoms with Gasteiger partial charge in [0.2, 0.25) is 0 Å². The number of ether oxygens (including phenoxy) is 1. The predicted octanol–water partition coefficient (Wildman–Crippen LogP) is 5.30. The highest BCUT2D eigenvalue weighted by atomic mass is 19.4. The van der Waals surface area contributed by atoms with Crippen molar-refractivity contribution in [3.8, 4) is 5.69 Å². The van der Waals surface area contributed by atoms with Crippen LogP contribution in [-0.2, 0) is 15.7 Å². The van der Waals surface area contributed by atoms with Crippen LogP contribution in [0.25, 0.3) is 11.8 Å². The minimum Gasteiger partial charge on any atom is -0.505 e. The van der Waals surface area contributed by atoms with Crippen molar-refractivity contribution in [1.29, 1.82) is 0 Å². The van der Waals surface area contributed by atoms with Crippen molar-refractivity contribution < 1.29 is 27.8 Å². The number of aliphatic imine (C=N–C) groups is 1. The number of para-hydroxylation sites is 1. The lowest BCUT2D eigenvalue weighted by atomic mass is 10.1. The largest absolute Gasteiger partial charge is 0.505 e. The maximum Gasteiger partial charge on any atom is 0.418 e. The number of carbonyl (C=O) groups is 1. The second-order valence-electron chi connectivity index (χ2n) is 6.85. The van der Waals surface area contributed by atoms with Gasteiger partial charge >= 0.3 is 12.1 Å². The van der Waals surface area contributed by atoms with Gasteiger partial charge in [-0.1, -0.05) is 12.1 Å². The molecule has 1 aromatic carbocycles. The van der Waals surface area contributed by atoms with Gasteiger partial charge in [0.15, 0.2) is 5.76 Å². The molecule has 1 aliphatic rings. The number of halogens is 3. The van der Waals surface area contributed by atoms with Crippen molar-refractivity contribution in [2.75, 3.05) is 6.61 Å². The molecule has 0 aliphatic carbocycles. The molecule has 1 N–H and O–H groups in total. The van der Waals surface area contributed by atoms with Gasteiger partial charge in [-0.3, -0.25) is 0 Å². The number of aliphatic hydroxyl groups is 1. The van der Waals surface area contributed by atoms with Crippen molar-refractivity contribution in [3.63, 3.8) is 0 Å². The Bertz CT molecular complexity index is 1110. The summed E-state index contributed by atoms with van der Waals surface area (Å²) in [6.45, 7) is 6.77. The zero-order chi connectivity index (χ0) is 22.2. The van der Waals surface area contributed by atoms with Gasteiger partial charge in [-0.15, -0.1) is 0 Å². The van der Waals surface area contributed by atoms with Crippen molar-refractivity contribution in [2.24, 2.45) is 4.99 Å². The van der Waals surface area contributed by atoms with Gasteiger partial charge in [-0.2, -0.15) is 13.2 Å². The highest BCUT2D eigenvalue weighted by Gasteiger charge is 2.34. The quantitative estimate of drug-likeness (QED) is 0.685. The Hall–Kier alpha value is -3.29. The van der Waals surface area contributed by atoms with Gasteiger partial charge in [0.25, 0.3) is 0 Å². The van der Waals surface area contributed by atoms with Crippen LogP contribution in [-0.4, -0.2) is 28.0 Å². The highest BCUT2D eigenvalue weighted by molar-refractivity contribution is 6.22. The summed E-state index contributed by atoms with van der Waals surface area (Å²) in [5.41, 5.74) is 1.43. The fourth-order valence-corrected chi connectivity index (χ4v) is 3.50. The molecule has 0 amide bonds. The number of esters is 1. The third kappa shape index (κ3) is 3.77. The fraction of sp³-hybridized carbons (Fsp3) is 0.273. The fourth-order valence-electron chi connectivity index (χ4n) is 3.50. The first-order valence-corrected chi connectivity index (χ1v) is 9.29. The summed E-state index contributed by atoms with van der Waals surface area (Å²) >= 11 is 0. The summed E-state index contributed by atoms with van der Waals surface area (Å²) in [7, 11) is 0. The number of benzene rings is 1. The van der Waals surface area contributed by atoms with Crippen molar-refractivity contribution in [1.82, 2.24) is 4.57 Å². The van der Waals surface area contributed by atoms with Gasteiger partial charge in [-0.25, -0.2) is 9.79 Å². The maximum absolute atomic E-state index is 13.5. The topological polar surface area (TPSA) is 63.8 Å². The number of alkyl halides is 3. The second kappa shape index (κ2) is 7.85. The number of aliphatic hydroxyl groups excluding tert-OH is 1. The van der Waals surface area contributed by atoms with E-state index in [4.69, 9.17) is 4.74 Å². The van der Waals surface area contributed by atoms with E-state index < -0.39 is 17.7 Å². The van der Waals surface area contributed by atoms with E-state index in [2.05, 4.69) is 4.99 Å². The van der Waals surface area contributed by atoms with Crippen LogP contribution in [0.3, 0.4) is 0 Å². The van der Waals surface area contributed by atoms with Crippen molar-refractivity contribution >= 4 is 17.8 Å². The van der Waals surface area contributed by atoms with E-state index in [-0.39, 0.29) is 29.3 Å². The summed E-state index contributed by atoms with van der Waals surface area (Å²) in [4.78, 5) is 16.3. The summed E-state index contributed by atoms with van der Waals surface area (Å²) < 4.78 is 46.9. The first-order chi connectivity index (χ1) is 14.1. The minimum atomic E-state index is -4.50. The molecular formula is C22H21F3N2O3. The van der Waals surface area contributed by atoms with Gasteiger partial charge in [0.05, 0.1) is 23.6 Å². The van der Waals surface area contributed by atoms with Crippen molar-refractivity contribution in [3.05, 3.63) is 69.9 Å². The van der Waals surface area contributed by atoms with Gasteiger partial charge in [-0.05, 0) is 57.5 Å². The molecule has 0 saturated carbocycles. The SMILES string of the molecule is CCOC(=O)C1=C(O)/C(=C\c2cc(C)n(-c3ccccc3C(F)(F)F)c2C)N=C1C. The molecule has 3 rings (SSSR count). The molecule has 0 spiro atoms. The number of hydrogen-bond acceptors (Lipinski definition) is 4. The number of nitrogens with zero attached hydrogens (tertiary/aromatic N) is 2. The third-order valence-corrected chi connectivity index (χ3v) is 4.82. The van der Waals surface area contributed by atoms with Crippen LogP contribution in [0.15, 0.2) is 52.4 Å². The smallest absolute Gasteiger partial charge is 0.418 e. The number of aryl methyl sites for hydroxylation is 1. The monoisotopic (exact) mass is 418 g/mol. The third-order valence-electron chi connectivity index (χ3n) is 4.82. The van der Waals surface area contributed by atoms with Crippen LogP contribution >= 0.6 is 0 Å². The van der Waals surface area contributed by atoms with E-state index >= 15 is 0 Å². The van der Waals surface area contributed by atoms with Crippen molar-refractivity contribution in [2.45, 2.75) is 33.9 Å². The number of rotatable bonds is 4. The zero-order valence-corrected chi connectivity index (χ0v) is 17.0. The summed E-state index contributed by atoms with van der Waals surface area (Å²) in [5, 5.41) is 10.5. The van der Waals surface area contributed by atoms with Gasteiger partial charge in [0.1, 0.15) is 11.3 Å². The average Bonchev–Trinajstić information content (AvgIpc) is 3.09. The first kappa shape index (κ1) is 21.4. The Morgan fingerprint density at radius 3 is 2.53 bits per heavy atom. The Morgan fingerprint density at radius 2 is 1.90 bits per heavy atom. The molecule has 2 heterocycles. The van der Waals surface area contributed by atoms with E-state index in [9.17, 15) is 23.1 Å².